The third-order valence-electron chi connectivity index (χ3n) is 2.58. The minimum atomic E-state index is -3.76. The summed E-state index contributed by atoms with van der Waals surface area (Å²) in [6.45, 7) is 0.0789. The second-order valence-electron chi connectivity index (χ2n) is 3.87. The van der Waals surface area contributed by atoms with Crippen molar-refractivity contribution in [1.29, 1.82) is 0 Å². The van der Waals surface area contributed by atoms with Gasteiger partial charge in [-0.25, -0.2) is 13.4 Å². The van der Waals surface area contributed by atoms with Crippen molar-refractivity contribution in [1.82, 2.24) is 9.29 Å². The van der Waals surface area contributed by atoms with E-state index in [1.54, 1.807) is 7.05 Å². The molecule has 0 fully saturated rings. The van der Waals surface area contributed by atoms with Crippen LogP contribution in [0.2, 0.25) is 5.02 Å². The lowest BCUT2D eigenvalue weighted by atomic mass is 10.4. The summed E-state index contributed by atoms with van der Waals surface area (Å²) in [7, 11) is -0.650. The standard InChI is InChI=1S/C11H18ClN3O4S/c1-13-11-10(12)7-9(8-14-11)20(17,18)15(3-5-16)4-6-19-2/h7-8,16H,3-6H2,1-2H3,(H,13,14). The zero-order valence-corrected chi connectivity index (χ0v) is 12.9. The molecule has 0 unspecified atom stereocenters. The molecule has 1 heterocycles. The number of aromatic nitrogens is 1. The normalized spacial score (nSPS) is 11.8. The predicted molar refractivity (Wildman–Crippen MR) is 76.5 cm³/mol. The molecular weight excluding hydrogens is 306 g/mol. The topological polar surface area (TPSA) is 91.8 Å². The summed E-state index contributed by atoms with van der Waals surface area (Å²) in [4.78, 5) is 3.92. The van der Waals surface area contributed by atoms with Gasteiger partial charge < -0.3 is 15.2 Å². The number of sulfonamides is 1. The number of pyridine rings is 1. The maximum Gasteiger partial charge on any atom is 0.244 e. The summed E-state index contributed by atoms with van der Waals surface area (Å²) in [5.74, 6) is 0.399. The minimum absolute atomic E-state index is 0.0168. The molecule has 0 aromatic carbocycles. The summed E-state index contributed by atoms with van der Waals surface area (Å²) in [5.41, 5.74) is 0. The molecule has 0 saturated heterocycles. The summed E-state index contributed by atoms with van der Waals surface area (Å²) >= 11 is 5.94. The summed E-state index contributed by atoms with van der Waals surface area (Å²) in [5, 5.41) is 11.9. The van der Waals surface area contributed by atoms with Crippen molar-refractivity contribution in [3.05, 3.63) is 17.3 Å². The van der Waals surface area contributed by atoms with Crippen LogP contribution in [0.3, 0.4) is 0 Å². The lowest BCUT2D eigenvalue weighted by molar-refractivity contribution is 0.168. The Morgan fingerprint density at radius 1 is 1.50 bits per heavy atom. The molecule has 2 N–H and O–H groups in total. The first-order chi connectivity index (χ1) is 9.47. The average Bonchev–Trinajstić information content (AvgIpc) is 2.43. The zero-order chi connectivity index (χ0) is 15.2. The van der Waals surface area contributed by atoms with Gasteiger partial charge in [0.2, 0.25) is 10.0 Å². The van der Waals surface area contributed by atoms with Crippen LogP contribution in [0.25, 0.3) is 0 Å². The van der Waals surface area contributed by atoms with E-state index in [0.29, 0.717) is 5.82 Å². The van der Waals surface area contributed by atoms with Crippen LogP contribution < -0.4 is 5.32 Å². The number of rotatable bonds is 8. The molecule has 9 heteroatoms. The summed E-state index contributed by atoms with van der Waals surface area (Å²) in [6.07, 6.45) is 1.23. The van der Waals surface area contributed by atoms with E-state index in [-0.39, 0.29) is 36.2 Å². The van der Waals surface area contributed by atoms with Crippen molar-refractivity contribution >= 4 is 27.4 Å². The molecule has 0 aliphatic carbocycles. The fraction of sp³-hybridized carbons (Fsp3) is 0.545. The van der Waals surface area contributed by atoms with Crippen LogP contribution in [0, 0.1) is 0 Å². The Labute approximate surface area is 123 Å². The summed E-state index contributed by atoms with van der Waals surface area (Å²) in [6, 6.07) is 1.33. The molecule has 1 rings (SSSR count). The van der Waals surface area contributed by atoms with Crippen molar-refractivity contribution in [3.8, 4) is 0 Å². The molecule has 0 saturated carbocycles. The smallest absolute Gasteiger partial charge is 0.244 e. The van der Waals surface area contributed by atoms with Gasteiger partial charge in [-0.1, -0.05) is 11.6 Å². The van der Waals surface area contributed by atoms with Gasteiger partial charge in [0.1, 0.15) is 10.7 Å². The van der Waals surface area contributed by atoms with E-state index in [9.17, 15) is 8.42 Å². The van der Waals surface area contributed by atoms with Gasteiger partial charge in [0, 0.05) is 33.4 Å². The molecule has 0 amide bonds. The van der Waals surface area contributed by atoms with Gasteiger partial charge in [-0.05, 0) is 6.07 Å². The van der Waals surface area contributed by atoms with Crippen LogP contribution in [-0.4, -0.2) is 63.3 Å². The fourth-order valence-corrected chi connectivity index (χ4v) is 3.26. The number of nitrogens with zero attached hydrogens (tertiary/aromatic N) is 2. The van der Waals surface area contributed by atoms with Crippen LogP contribution in [0.15, 0.2) is 17.2 Å². The molecule has 7 nitrogen and oxygen atoms in total. The Morgan fingerprint density at radius 2 is 2.20 bits per heavy atom. The maximum atomic E-state index is 12.4. The molecular formula is C11H18ClN3O4S. The Balaban J connectivity index is 3.08. The Hall–Kier alpha value is -0.930. The monoisotopic (exact) mass is 323 g/mol. The van der Waals surface area contributed by atoms with Gasteiger partial charge in [0.15, 0.2) is 0 Å². The van der Waals surface area contributed by atoms with Crippen molar-refractivity contribution in [2.75, 3.05) is 45.8 Å². The largest absolute Gasteiger partial charge is 0.395 e. The van der Waals surface area contributed by atoms with E-state index < -0.39 is 10.0 Å². The highest BCUT2D eigenvalue weighted by molar-refractivity contribution is 7.89. The van der Waals surface area contributed by atoms with Gasteiger partial charge in [-0.15, -0.1) is 0 Å². The molecule has 1 aromatic heterocycles. The van der Waals surface area contributed by atoms with E-state index in [0.717, 1.165) is 4.31 Å². The molecule has 0 radical (unpaired) electrons. The van der Waals surface area contributed by atoms with Crippen molar-refractivity contribution in [3.63, 3.8) is 0 Å². The molecule has 20 heavy (non-hydrogen) atoms. The third kappa shape index (κ3) is 4.03. The second-order valence-corrected chi connectivity index (χ2v) is 6.22. The van der Waals surface area contributed by atoms with Gasteiger partial charge in [-0.2, -0.15) is 4.31 Å². The lowest BCUT2D eigenvalue weighted by Crippen LogP contribution is -2.36. The molecule has 0 aliphatic rings. The number of aliphatic hydroxyl groups is 1. The molecule has 0 bridgehead atoms. The van der Waals surface area contributed by atoms with Crippen molar-refractivity contribution in [2.24, 2.45) is 0 Å². The highest BCUT2D eigenvalue weighted by Crippen LogP contribution is 2.24. The van der Waals surface area contributed by atoms with Gasteiger partial charge >= 0.3 is 0 Å². The Bertz CT molecular complexity index is 538. The van der Waals surface area contributed by atoms with Crippen LogP contribution in [0.1, 0.15) is 0 Å². The summed E-state index contributed by atoms with van der Waals surface area (Å²) < 4.78 is 30.8. The fourth-order valence-electron chi connectivity index (χ4n) is 1.55. The predicted octanol–water partition coefficient (Wildman–Crippen LogP) is 0.406. The molecule has 114 valence electrons. The second kappa shape index (κ2) is 7.75. The molecule has 0 aliphatic heterocycles. The number of aliphatic hydroxyl groups excluding tert-OH is 1. The lowest BCUT2D eigenvalue weighted by Gasteiger charge is -2.21. The third-order valence-corrected chi connectivity index (χ3v) is 4.74. The maximum absolute atomic E-state index is 12.4. The van der Waals surface area contributed by atoms with Gasteiger partial charge in [0.25, 0.3) is 0 Å². The number of hydrogen-bond acceptors (Lipinski definition) is 6. The van der Waals surface area contributed by atoms with E-state index in [1.165, 1.54) is 19.4 Å². The highest BCUT2D eigenvalue weighted by atomic mass is 35.5. The number of nitrogens with one attached hydrogen (secondary N) is 1. The number of halogens is 1. The molecule has 1 aromatic rings. The van der Waals surface area contributed by atoms with Gasteiger partial charge in [-0.3, -0.25) is 0 Å². The molecule has 0 atom stereocenters. The SMILES string of the molecule is CNc1ncc(S(=O)(=O)N(CCO)CCOC)cc1Cl. The number of ether oxygens (including phenoxy) is 1. The van der Waals surface area contributed by atoms with Gasteiger partial charge in [0.05, 0.1) is 18.2 Å². The first kappa shape index (κ1) is 17.1. The van der Waals surface area contributed by atoms with Crippen molar-refractivity contribution < 1.29 is 18.3 Å². The van der Waals surface area contributed by atoms with Crippen molar-refractivity contribution in [2.45, 2.75) is 4.90 Å². The van der Waals surface area contributed by atoms with E-state index >= 15 is 0 Å². The average molecular weight is 324 g/mol. The van der Waals surface area contributed by atoms with E-state index in [2.05, 4.69) is 10.3 Å². The van der Waals surface area contributed by atoms with Crippen LogP contribution in [0.5, 0.6) is 0 Å². The van der Waals surface area contributed by atoms with E-state index in [4.69, 9.17) is 21.4 Å². The van der Waals surface area contributed by atoms with Crippen LogP contribution in [0.4, 0.5) is 5.82 Å². The highest BCUT2D eigenvalue weighted by Gasteiger charge is 2.25. The minimum Gasteiger partial charge on any atom is -0.395 e. The first-order valence-corrected chi connectivity index (χ1v) is 7.72. The quantitative estimate of drug-likeness (QED) is 0.720. The zero-order valence-electron chi connectivity index (χ0n) is 11.3. The Kier molecular flexibility index (Phi) is 6.63. The number of anilines is 1. The van der Waals surface area contributed by atoms with Crippen LogP contribution >= 0.6 is 11.6 Å². The number of hydrogen-bond donors (Lipinski definition) is 2. The molecule has 0 spiro atoms. The number of methoxy groups -OCH3 is 1. The van der Waals surface area contributed by atoms with E-state index in [1.807, 2.05) is 0 Å². The Morgan fingerprint density at radius 3 is 2.70 bits per heavy atom. The van der Waals surface area contributed by atoms with Crippen LogP contribution in [-0.2, 0) is 14.8 Å². The first-order valence-electron chi connectivity index (χ1n) is 5.90.